The number of hydrogen-bond acceptors (Lipinski definition) is 5. The van der Waals surface area contributed by atoms with Crippen LogP contribution in [0.3, 0.4) is 0 Å². The van der Waals surface area contributed by atoms with Gasteiger partial charge in [-0.05, 0) is 24.1 Å². The van der Waals surface area contributed by atoms with Crippen molar-refractivity contribution in [2.24, 2.45) is 0 Å². The number of hydrogen-bond donors (Lipinski definition) is 1. The normalized spacial score (nSPS) is 14.4. The van der Waals surface area contributed by atoms with E-state index in [1.165, 1.54) is 0 Å². The highest BCUT2D eigenvalue weighted by atomic mass is 35.5. The molecule has 3 rings (SSSR count). The molecule has 2 aromatic rings. The summed E-state index contributed by atoms with van der Waals surface area (Å²) in [6, 6.07) is 7.76. The van der Waals surface area contributed by atoms with Crippen LogP contribution in [0.15, 0.2) is 35.3 Å². The molecule has 1 saturated heterocycles. The summed E-state index contributed by atoms with van der Waals surface area (Å²) in [7, 11) is 1.63. The van der Waals surface area contributed by atoms with Crippen LogP contribution in [0.5, 0.6) is 5.75 Å². The van der Waals surface area contributed by atoms with Crippen LogP contribution in [0.4, 0.5) is 5.69 Å². The molecular formula is C18H21ClN4O3. The second-order valence-corrected chi connectivity index (χ2v) is 6.49. The molecule has 1 aromatic heterocycles. The standard InChI is InChI=1S/C18H21ClN4O3/c1-26-14-5-2-13(3-6-14)4-7-16(24)23-10-8-22(9-11-23)15-12-20-21-18(25)17(15)19/h2-3,5-6,12H,4,7-11H2,1H3,(H,21,25). The number of nitrogens with zero attached hydrogens (tertiary/aromatic N) is 3. The summed E-state index contributed by atoms with van der Waals surface area (Å²) in [5, 5.41) is 6.24. The summed E-state index contributed by atoms with van der Waals surface area (Å²) in [6.07, 6.45) is 2.72. The Morgan fingerprint density at radius 3 is 2.58 bits per heavy atom. The SMILES string of the molecule is COc1ccc(CCC(=O)N2CCN(c3cn[nH]c(=O)c3Cl)CC2)cc1. The molecule has 0 atom stereocenters. The first-order chi connectivity index (χ1) is 12.6. The summed E-state index contributed by atoms with van der Waals surface area (Å²) in [5.41, 5.74) is 1.32. The molecule has 1 N–H and O–H groups in total. The Bertz CT molecular complexity index is 814. The Balaban J connectivity index is 1.51. The van der Waals surface area contributed by atoms with Crippen molar-refractivity contribution in [2.45, 2.75) is 12.8 Å². The van der Waals surface area contributed by atoms with Crippen LogP contribution in [-0.4, -0.2) is 54.3 Å². The van der Waals surface area contributed by atoms with Gasteiger partial charge < -0.3 is 14.5 Å². The van der Waals surface area contributed by atoms with Gasteiger partial charge in [0.2, 0.25) is 5.91 Å². The number of carbonyl (C=O) groups is 1. The predicted molar refractivity (Wildman–Crippen MR) is 100.0 cm³/mol. The first-order valence-electron chi connectivity index (χ1n) is 8.47. The van der Waals surface area contributed by atoms with Gasteiger partial charge in [-0.3, -0.25) is 9.59 Å². The summed E-state index contributed by atoms with van der Waals surface area (Å²) in [6.45, 7) is 2.45. The fourth-order valence-corrected chi connectivity index (χ4v) is 3.20. The van der Waals surface area contributed by atoms with Gasteiger partial charge in [0.25, 0.3) is 5.56 Å². The maximum Gasteiger partial charge on any atom is 0.285 e. The van der Waals surface area contributed by atoms with Crippen molar-refractivity contribution in [3.8, 4) is 5.75 Å². The van der Waals surface area contributed by atoms with Crippen molar-refractivity contribution in [1.82, 2.24) is 15.1 Å². The number of H-pyrrole nitrogens is 1. The average molecular weight is 377 g/mol. The molecule has 1 aliphatic rings. The second-order valence-electron chi connectivity index (χ2n) is 6.11. The van der Waals surface area contributed by atoms with Gasteiger partial charge in [0.15, 0.2) is 0 Å². The number of anilines is 1. The topological polar surface area (TPSA) is 78.5 Å². The zero-order chi connectivity index (χ0) is 18.5. The number of aryl methyl sites for hydroxylation is 1. The third-order valence-electron chi connectivity index (χ3n) is 4.54. The second kappa shape index (κ2) is 8.23. The Morgan fingerprint density at radius 1 is 1.23 bits per heavy atom. The summed E-state index contributed by atoms with van der Waals surface area (Å²) in [4.78, 5) is 27.9. The van der Waals surface area contributed by atoms with E-state index < -0.39 is 5.56 Å². The number of halogens is 1. The summed E-state index contributed by atoms with van der Waals surface area (Å²) in [5.74, 6) is 0.944. The van der Waals surface area contributed by atoms with Crippen LogP contribution in [-0.2, 0) is 11.2 Å². The fourth-order valence-electron chi connectivity index (χ4n) is 2.99. The van der Waals surface area contributed by atoms with Crippen molar-refractivity contribution >= 4 is 23.2 Å². The van der Waals surface area contributed by atoms with E-state index in [1.807, 2.05) is 34.1 Å². The largest absolute Gasteiger partial charge is 0.497 e. The molecule has 26 heavy (non-hydrogen) atoms. The van der Waals surface area contributed by atoms with Crippen LogP contribution in [0, 0.1) is 0 Å². The fraction of sp³-hybridized carbons (Fsp3) is 0.389. The van der Waals surface area contributed by atoms with Crippen LogP contribution >= 0.6 is 11.6 Å². The monoisotopic (exact) mass is 376 g/mol. The van der Waals surface area contributed by atoms with E-state index in [-0.39, 0.29) is 10.9 Å². The molecule has 0 aliphatic carbocycles. The molecule has 7 nitrogen and oxygen atoms in total. The number of amides is 1. The number of rotatable bonds is 5. The van der Waals surface area contributed by atoms with Gasteiger partial charge in [-0.1, -0.05) is 23.7 Å². The summed E-state index contributed by atoms with van der Waals surface area (Å²) < 4.78 is 5.14. The average Bonchev–Trinajstić information content (AvgIpc) is 2.69. The molecule has 138 valence electrons. The third-order valence-corrected chi connectivity index (χ3v) is 4.90. The molecular weight excluding hydrogens is 356 g/mol. The Hall–Kier alpha value is -2.54. The number of nitrogens with one attached hydrogen (secondary N) is 1. The smallest absolute Gasteiger partial charge is 0.285 e. The minimum absolute atomic E-state index is 0.135. The Labute approximate surface area is 156 Å². The molecule has 0 unspecified atom stereocenters. The maximum atomic E-state index is 12.4. The first-order valence-corrected chi connectivity index (χ1v) is 8.85. The van der Waals surface area contributed by atoms with Crippen LogP contribution < -0.4 is 15.2 Å². The lowest BCUT2D eigenvalue weighted by Crippen LogP contribution is -2.49. The number of benzene rings is 1. The predicted octanol–water partition coefficient (Wildman–Crippen LogP) is 1.71. The van der Waals surface area contributed by atoms with E-state index in [0.29, 0.717) is 44.7 Å². The van der Waals surface area contributed by atoms with Gasteiger partial charge in [-0.2, -0.15) is 5.10 Å². The number of piperazine rings is 1. The highest BCUT2D eigenvalue weighted by Gasteiger charge is 2.23. The van der Waals surface area contributed by atoms with Gasteiger partial charge in [-0.15, -0.1) is 0 Å². The van der Waals surface area contributed by atoms with Crippen LogP contribution in [0.1, 0.15) is 12.0 Å². The van der Waals surface area contributed by atoms with Crippen molar-refractivity contribution in [3.63, 3.8) is 0 Å². The van der Waals surface area contributed by atoms with Gasteiger partial charge >= 0.3 is 0 Å². The van der Waals surface area contributed by atoms with E-state index in [4.69, 9.17) is 16.3 Å². The van der Waals surface area contributed by atoms with Gasteiger partial charge in [0.1, 0.15) is 10.8 Å². The van der Waals surface area contributed by atoms with E-state index in [0.717, 1.165) is 11.3 Å². The van der Waals surface area contributed by atoms with E-state index in [9.17, 15) is 9.59 Å². The van der Waals surface area contributed by atoms with E-state index >= 15 is 0 Å². The number of aromatic nitrogens is 2. The van der Waals surface area contributed by atoms with Crippen LogP contribution in [0.25, 0.3) is 0 Å². The number of carbonyl (C=O) groups excluding carboxylic acids is 1. The van der Waals surface area contributed by atoms with Crippen molar-refractivity contribution in [2.75, 3.05) is 38.2 Å². The molecule has 1 fully saturated rings. The third kappa shape index (κ3) is 4.16. The molecule has 8 heteroatoms. The quantitative estimate of drug-likeness (QED) is 0.859. The van der Waals surface area contributed by atoms with Gasteiger partial charge in [0.05, 0.1) is 19.0 Å². The Kier molecular flexibility index (Phi) is 5.78. The van der Waals surface area contributed by atoms with E-state index in [1.54, 1.807) is 13.3 Å². The lowest BCUT2D eigenvalue weighted by atomic mass is 10.1. The number of methoxy groups -OCH3 is 1. The lowest BCUT2D eigenvalue weighted by Gasteiger charge is -2.36. The zero-order valence-electron chi connectivity index (χ0n) is 14.6. The molecule has 0 saturated carbocycles. The molecule has 1 amide bonds. The minimum atomic E-state index is -0.401. The molecule has 1 aliphatic heterocycles. The first kappa shape index (κ1) is 18.3. The minimum Gasteiger partial charge on any atom is -0.497 e. The Morgan fingerprint density at radius 2 is 1.92 bits per heavy atom. The van der Waals surface area contributed by atoms with Crippen molar-refractivity contribution < 1.29 is 9.53 Å². The van der Waals surface area contributed by atoms with Gasteiger partial charge in [-0.25, -0.2) is 5.10 Å². The van der Waals surface area contributed by atoms with Crippen molar-refractivity contribution in [1.29, 1.82) is 0 Å². The molecule has 0 spiro atoms. The lowest BCUT2D eigenvalue weighted by molar-refractivity contribution is -0.131. The van der Waals surface area contributed by atoms with Crippen molar-refractivity contribution in [3.05, 3.63) is 51.4 Å². The summed E-state index contributed by atoms with van der Waals surface area (Å²) >= 11 is 6.05. The van der Waals surface area contributed by atoms with Gasteiger partial charge in [0, 0.05) is 32.6 Å². The maximum absolute atomic E-state index is 12.4. The number of ether oxygens (including phenoxy) is 1. The molecule has 2 heterocycles. The molecule has 0 bridgehead atoms. The molecule has 0 radical (unpaired) electrons. The highest BCUT2D eigenvalue weighted by Crippen LogP contribution is 2.22. The van der Waals surface area contributed by atoms with E-state index in [2.05, 4.69) is 10.2 Å². The molecule has 1 aromatic carbocycles. The van der Waals surface area contributed by atoms with Crippen LogP contribution in [0.2, 0.25) is 5.02 Å². The number of aromatic amines is 1. The highest BCUT2D eigenvalue weighted by molar-refractivity contribution is 6.33. The zero-order valence-corrected chi connectivity index (χ0v) is 15.3.